The molecule has 0 atom stereocenters. The summed E-state index contributed by atoms with van der Waals surface area (Å²) in [4.78, 5) is 25.8. The first-order valence-electron chi connectivity index (χ1n) is 7.47. The molecule has 0 aliphatic rings. The van der Waals surface area contributed by atoms with Gasteiger partial charge in [0.1, 0.15) is 0 Å². The highest BCUT2D eigenvalue weighted by molar-refractivity contribution is 6.49. The standard InChI is InChI=1S/C14H10O2.C5H13N/c15-13(11-7-3-1-4-8-11)14(16)12-9-5-2-6-10-12;1-4-6(3)5-2/h1-10H;4-5H2,1-3H3. The lowest BCUT2D eigenvalue weighted by molar-refractivity contribution is 0.0817. The van der Waals surface area contributed by atoms with E-state index in [1.807, 2.05) is 12.1 Å². The zero-order chi connectivity index (χ0) is 16.4. The van der Waals surface area contributed by atoms with Gasteiger partial charge < -0.3 is 4.90 Å². The molecular formula is C19H23NO2. The third-order valence-corrected chi connectivity index (χ3v) is 3.36. The van der Waals surface area contributed by atoms with Gasteiger partial charge in [0.15, 0.2) is 0 Å². The van der Waals surface area contributed by atoms with E-state index in [4.69, 9.17) is 0 Å². The Hall–Kier alpha value is -2.26. The second-order valence-electron chi connectivity index (χ2n) is 4.88. The average molecular weight is 297 g/mol. The van der Waals surface area contributed by atoms with Crippen LogP contribution in [0.1, 0.15) is 34.6 Å². The Bertz CT molecular complexity index is 525. The van der Waals surface area contributed by atoms with Crippen LogP contribution in [0.25, 0.3) is 0 Å². The van der Waals surface area contributed by atoms with Crippen LogP contribution in [0, 0.1) is 0 Å². The number of ketones is 2. The summed E-state index contributed by atoms with van der Waals surface area (Å²) in [6, 6.07) is 17.2. The number of hydrogen-bond acceptors (Lipinski definition) is 3. The van der Waals surface area contributed by atoms with Crippen molar-refractivity contribution in [1.29, 1.82) is 0 Å². The molecule has 0 aliphatic carbocycles. The molecular weight excluding hydrogens is 274 g/mol. The van der Waals surface area contributed by atoms with Gasteiger partial charge in [-0.3, -0.25) is 9.59 Å². The van der Waals surface area contributed by atoms with E-state index >= 15 is 0 Å². The van der Waals surface area contributed by atoms with Crippen molar-refractivity contribution in [1.82, 2.24) is 4.90 Å². The third-order valence-electron chi connectivity index (χ3n) is 3.36. The topological polar surface area (TPSA) is 37.4 Å². The van der Waals surface area contributed by atoms with Crippen LogP contribution in [0.4, 0.5) is 0 Å². The lowest BCUT2D eigenvalue weighted by atomic mass is 10.0. The summed E-state index contributed by atoms with van der Waals surface area (Å²) in [5, 5.41) is 0. The summed E-state index contributed by atoms with van der Waals surface area (Å²) < 4.78 is 0. The van der Waals surface area contributed by atoms with Crippen molar-refractivity contribution in [2.75, 3.05) is 20.1 Å². The summed E-state index contributed by atoms with van der Waals surface area (Å²) in [5.41, 5.74) is 0.854. The summed E-state index contributed by atoms with van der Waals surface area (Å²) >= 11 is 0. The first-order valence-corrected chi connectivity index (χ1v) is 7.47. The molecule has 0 aliphatic heterocycles. The first kappa shape index (κ1) is 17.8. The minimum absolute atomic E-state index is 0.427. The molecule has 0 amide bonds. The van der Waals surface area contributed by atoms with Crippen LogP contribution in [0.2, 0.25) is 0 Å². The third kappa shape index (κ3) is 5.62. The van der Waals surface area contributed by atoms with Gasteiger partial charge in [0.05, 0.1) is 0 Å². The van der Waals surface area contributed by atoms with Gasteiger partial charge in [-0.2, -0.15) is 0 Å². The maximum atomic E-state index is 11.8. The number of nitrogens with zero attached hydrogens (tertiary/aromatic N) is 1. The van der Waals surface area contributed by atoms with Gasteiger partial charge in [0, 0.05) is 11.1 Å². The number of benzene rings is 2. The van der Waals surface area contributed by atoms with Crippen molar-refractivity contribution in [2.45, 2.75) is 13.8 Å². The van der Waals surface area contributed by atoms with Crippen molar-refractivity contribution in [3.8, 4) is 0 Å². The molecule has 0 spiro atoms. The van der Waals surface area contributed by atoms with Gasteiger partial charge in [0.25, 0.3) is 0 Å². The average Bonchev–Trinajstić information content (AvgIpc) is 2.61. The zero-order valence-corrected chi connectivity index (χ0v) is 13.5. The molecule has 2 rings (SSSR count). The number of Topliss-reactive ketones (excluding diaryl/α,β-unsaturated/α-hetero) is 2. The van der Waals surface area contributed by atoms with Crippen LogP contribution < -0.4 is 0 Å². The van der Waals surface area contributed by atoms with Crippen molar-refractivity contribution in [3.63, 3.8) is 0 Å². The lowest BCUT2D eigenvalue weighted by Crippen LogP contribution is -2.15. The molecule has 0 unspecified atom stereocenters. The zero-order valence-electron chi connectivity index (χ0n) is 13.5. The van der Waals surface area contributed by atoms with Gasteiger partial charge in [-0.05, 0) is 20.1 Å². The van der Waals surface area contributed by atoms with Gasteiger partial charge >= 0.3 is 0 Å². The highest BCUT2D eigenvalue weighted by Gasteiger charge is 2.16. The number of hydrogen-bond donors (Lipinski definition) is 0. The Labute approximate surface area is 132 Å². The smallest absolute Gasteiger partial charge is 0.233 e. The largest absolute Gasteiger partial charge is 0.307 e. The predicted octanol–water partition coefficient (Wildman–Crippen LogP) is 3.71. The second-order valence-corrected chi connectivity index (χ2v) is 4.88. The molecule has 0 bridgehead atoms. The molecule has 0 aromatic heterocycles. The number of rotatable bonds is 5. The number of carbonyl (C=O) groups is 2. The van der Waals surface area contributed by atoms with Crippen molar-refractivity contribution in [3.05, 3.63) is 71.8 Å². The molecule has 0 heterocycles. The molecule has 3 heteroatoms. The normalized spacial score (nSPS) is 9.82. The van der Waals surface area contributed by atoms with Crippen LogP contribution in [-0.4, -0.2) is 36.6 Å². The fourth-order valence-electron chi connectivity index (χ4n) is 1.66. The summed E-state index contributed by atoms with van der Waals surface area (Å²) in [6.45, 7) is 6.64. The van der Waals surface area contributed by atoms with E-state index in [1.54, 1.807) is 48.5 Å². The second kappa shape index (κ2) is 9.64. The Morgan fingerprint density at radius 3 is 1.27 bits per heavy atom. The molecule has 22 heavy (non-hydrogen) atoms. The van der Waals surface area contributed by atoms with Gasteiger partial charge in [0.2, 0.25) is 11.6 Å². The molecule has 3 nitrogen and oxygen atoms in total. The van der Waals surface area contributed by atoms with E-state index in [-0.39, 0.29) is 0 Å². The van der Waals surface area contributed by atoms with Crippen LogP contribution in [0.3, 0.4) is 0 Å². The van der Waals surface area contributed by atoms with Crippen molar-refractivity contribution >= 4 is 11.6 Å². The first-order chi connectivity index (χ1) is 10.6. The van der Waals surface area contributed by atoms with Crippen molar-refractivity contribution in [2.24, 2.45) is 0 Å². The summed E-state index contributed by atoms with van der Waals surface area (Å²) in [6.07, 6.45) is 0. The Kier molecular flexibility index (Phi) is 7.79. The van der Waals surface area contributed by atoms with Crippen LogP contribution >= 0.6 is 0 Å². The van der Waals surface area contributed by atoms with Gasteiger partial charge in [-0.1, -0.05) is 74.5 Å². The van der Waals surface area contributed by atoms with E-state index in [0.29, 0.717) is 11.1 Å². The minimum atomic E-state index is -0.466. The maximum absolute atomic E-state index is 11.8. The van der Waals surface area contributed by atoms with Crippen molar-refractivity contribution < 1.29 is 9.59 Å². The molecule has 0 saturated carbocycles. The molecule has 0 saturated heterocycles. The molecule has 0 fully saturated rings. The van der Waals surface area contributed by atoms with Crippen LogP contribution in [0.15, 0.2) is 60.7 Å². The SMILES string of the molecule is CCN(C)CC.O=C(C(=O)c1ccccc1)c1ccccc1. The van der Waals surface area contributed by atoms with E-state index in [9.17, 15) is 9.59 Å². The summed E-state index contributed by atoms with van der Waals surface area (Å²) in [7, 11) is 2.11. The Morgan fingerprint density at radius 2 is 1.05 bits per heavy atom. The lowest BCUT2D eigenvalue weighted by Gasteiger charge is -2.07. The van der Waals surface area contributed by atoms with E-state index < -0.39 is 11.6 Å². The highest BCUT2D eigenvalue weighted by atomic mass is 16.2. The molecule has 116 valence electrons. The molecule has 2 aromatic rings. The Morgan fingerprint density at radius 1 is 0.727 bits per heavy atom. The van der Waals surface area contributed by atoms with Crippen LogP contribution in [0.5, 0.6) is 0 Å². The fourth-order valence-corrected chi connectivity index (χ4v) is 1.66. The molecule has 0 N–H and O–H groups in total. The maximum Gasteiger partial charge on any atom is 0.233 e. The fraction of sp³-hybridized carbons (Fsp3) is 0.263. The quantitative estimate of drug-likeness (QED) is 0.623. The highest BCUT2D eigenvalue weighted by Crippen LogP contribution is 2.07. The van der Waals surface area contributed by atoms with Gasteiger partial charge in [-0.25, -0.2) is 0 Å². The monoisotopic (exact) mass is 297 g/mol. The number of carbonyl (C=O) groups excluding carboxylic acids is 2. The van der Waals surface area contributed by atoms with E-state index in [0.717, 1.165) is 13.1 Å². The minimum Gasteiger partial charge on any atom is -0.307 e. The predicted molar refractivity (Wildman–Crippen MR) is 90.4 cm³/mol. The molecule has 2 aromatic carbocycles. The van der Waals surface area contributed by atoms with E-state index in [2.05, 4.69) is 25.8 Å². The van der Waals surface area contributed by atoms with Gasteiger partial charge in [-0.15, -0.1) is 0 Å². The van der Waals surface area contributed by atoms with Crippen LogP contribution in [-0.2, 0) is 0 Å². The summed E-state index contributed by atoms with van der Waals surface area (Å²) in [5.74, 6) is -0.932. The molecule has 0 radical (unpaired) electrons. The van der Waals surface area contributed by atoms with E-state index in [1.165, 1.54) is 0 Å². The Balaban J connectivity index is 0.000000346.